The van der Waals surface area contributed by atoms with E-state index in [9.17, 15) is 9.59 Å². The van der Waals surface area contributed by atoms with Crippen LogP contribution in [0.4, 0.5) is 0 Å². The Morgan fingerprint density at radius 3 is 2.63 bits per heavy atom. The number of hydrogen-bond acceptors (Lipinski definition) is 9. The minimum absolute atomic E-state index is 0.217. The van der Waals surface area contributed by atoms with E-state index in [1.807, 2.05) is 28.8 Å². The van der Waals surface area contributed by atoms with Gasteiger partial charge in [0, 0.05) is 6.54 Å². The number of methoxy groups -OCH3 is 2. The molecule has 0 aliphatic carbocycles. The molecular formula is C24H23N5O5S. The van der Waals surface area contributed by atoms with Crippen LogP contribution < -0.4 is 15.0 Å². The summed E-state index contributed by atoms with van der Waals surface area (Å²) in [6.45, 7) is 4.51. The average molecular weight is 494 g/mol. The van der Waals surface area contributed by atoms with Gasteiger partial charge in [-0.15, -0.1) is 16.8 Å². The topological polar surface area (TPSA) is 121 Å². The van der Waals surface area contributed by atoms with Gasteiger partial charge < -0.3 is 19.2 Å². The van der Waals surface area contributed by atoms with E-state index < -0.39 is 5.97 Å². The fraction of sp³-hybridized carbons (Fsp3) is 0.208. The first-order valence-corrected chi connectivity index (χ1v) is 11.5. The van der Waals surface area contributed by atoms with Crippen LogP contribution in [0, 0.1) is 0 Å². The van der Waals surface area contributed by atoms with Crippen molar-refractivity contribution < 1.29 is 19.0 Å². The minimum atomic E-state index is -0.494. The van der Waals surface area contributed by atoms with Crippen molar-refractivity contribution >= 4 is 28.6 Å². The zero-order valence-corrected chi connectivity index (χ0v) is 20.0. The molecule has 0 amide bonds. The molecule has 0 radical (unpaired) electrons. The summed E-state index contributed by atoms with van der Waals surface area (Å²) < 4.78 is 17.6. The Morgan fingerprint density at radius 2 is 1.91 bits per heavy atom. The van der Waals surface area contributed by atoms with Gasteiger partial charge in [0.15, 0.2) is 11.0 Å². The van der Waals surface area contributed by atoms with Gasteiger partial charge in [-0.25, -0.2) is 9.78 Å². The normalized spacial score (nSPS) is 10.8. The lowest BCUT2D eigenvalue weighted by molar-refractivity contribution is 0.0601. The van der Waals surface area contributed by atoms with Crippen LogP contribution in [0.5, 0.6) is 11.5 Å². The molecule has 180 valence electrons. The smallest absolute Gasteiger partial charge is 0.337 e. The minimum Gasteiger partial charge on any atom is -0.497 e. The number of nitrogens with one attached hydrogen (secondary N) is 1. The van der Waals surface area contributed by atoms with Crippen molar-refractivity contribution in [3.63, 3.8) is 0 Å². The van der Waals surface area contributed by atoms with E-state index in [0.717, 1.165) is 5.75 Å². The highest BCUT2D eigenvalue weighted by Gasteiger charge is 2.15. The number of fused-ring (bicyclic) bond motifs is 1. The number of allylic oxidation sites excluding steroid dienone is 1. The van der Waals surface area contributed by atoms with Crippen molar-refractivity contribution in [2.45, 2.75) is 24.1 Å². The van der Waals surface area contributed by atoms with Crippen LogP contribution >= 0.6 is 11.8 Å². The average Bonchev–Trinajstić information content (AvgIpc) is 3.27. The molecule has 35 heavy (non-hydrogen) atoms. The number of aromatic nitrogens is 5. The molecule has 0 unspecified atom stereocenters. The number of hydrogen-bond donors (Lipinski definition) is 1. The second kappa shape index (κ2) is 10.9. The summed E-state index contributed by atoms with van der Waals surface area (Å²) in [5.41, 5.74) is 0.445. The largest absolute Gasteiger partial charge is 0.497 e. The van der Waals surface area contributed by atoms with Gasteiger partial charge in [-0.3, -0.25) is 9.36 Å². The number of benzene rings is 2. The molecule has 1 N–H and O–H groups in total. The molecule has 4 rings (SSSR count). The molecule has 0 aliphatic heterocycles. The van der Waals surface area contributed by atoms with Crippen LogP contribution in [0.2, 0.25) is 0 Å². The summed E-state index contributed by atoms with van der Waals surface area (Å²) in [6.07, 6.45) is 1.74. The summed E-state index contributed by atoms with van der Waals surface area (Å²) in [7, 11) is 2.91. The lowest BCUT2D eigenvalue weighted by atomic mass is 10.1. The molecule has 0 saturated heterocycles. The van der Waals surface area contributed by atoms with Crippen LogP contribution in [-0.2, 0) is 23.6 Å². The lowest BCUT2D eigenvalue weighted by Gasteiger charge is -2.09. The van der Waals surface area contributed by atoms with Crippen molar-refractivity contribution in [1.82, 2.24) is 24.7 Å². The third-order valence-corrected chi connectivity index (χ3v) is 6.03. The van der Waals surface area contributed by atoms with Crippen LogP contribution in [0.3, 0.4) is 0 Å². The molecule has 2 heterocycles. The van der Waals surface area contributed by atoms with Gasteiger partial charge in [-0.1, -0.05) is 17.8 Å². The fourth-order valence-electron chi connectivity index (χ4n) is 3.30. The first-order chi connectivity index (χ1) is 17.0. The van der Waals surface area contributed by atoms with Crippen LogP contribution in [-0.4, -0.2) is 44.9 Å². The number of carbonyl (C=O) groups excluding carboxylic acids is 1. The zero-order chi connectivity index (χ0) is 24.8. The third-order valence-electron chi connectivity index (χ3n) is 5.05. The molecule has 2 aromatic heterocycles. The monoisotopic (exact) mass is 493 g/mol. The zero-order valence-electron chi connectivity index (χ0n) is 19.2. The van der Waals surface area contributed by atoms with Gasteiger partial charge in [0.1, 0.15) is 23.9 Å². The molecule has 0 fully saturated rings. The number of rotatable bonds is 10. The van der Waals surface area contributed by atoms with Gasteiger partial charge in [0.2, 0.25) is 0 Å². The van der Waals surface area contributed by atoms with Gasteiger partial charge >= 0.3 is 5.97 Å². The summed E-state index contributed by atoms with van der Waals surface area (Å²) in [6, 6.07) is 11.9. The van der Waals surface area contributed by atoms with E-state index in [-0.39, 0.29) is 12.2 Å². The molecule has 11 heteroatoms. The number of nitrogens with zero attached hydrogens (tertiary/aromatic N) is 4. The maximum absolute atomic E-state index is 12.5. The highest BCUT2D eigenvalue weighted by molar-refractivity contribution is 7.98. The molecule has 0 atom stereocenters. The molecule has 4 aromatic rings. The van der Waals surface area contributed by atoms with Crippen molar-refractivity contribution in [2.75, 3.05) is 14.2 Å². The van der Waals surface area contributed by atoms with Crippen molar-refractivity contribution in [2.24, 2.45) is 0 Å². The van der Waals surface area contributed by atoms with E-state index in [0.29, 0.717) is 51.3 Å². The summed E-state index contributed by atoms with van der Waals surface area (Å²) >= 11 is 1.37. The van der Waals surface area contributed by atoms with Crippen molar-refractivity contribution in [3.05, 3.63) is 82.7 Å². The Morgan fingerprint density at radius 1 is 1.14 bits per heavy atom. The number of H-pyrrole nitrogens is 1. The standard InChI is InChI=1S/C24H23N5O5S/c1-4-11-29-21(13-34-17-8-6-16(32-2)7-9-17)27-28-24(29)35-14-20-25-19-12-15(23(31)33-3)5-10-18(19)22(30)26-20/h4-10,12H,1,11,13-14H2,2-3H3,(H,25,26,30). The predicted molar refractivity (Wildman–Crippen MR) is 131 cm³/mol. The van der Waals surface area contributed by atoms with E-state index in [1.54, 1.807) is 25.3 Å². The molecule has 0 aliphatic rings. The van der Waals surface area contributed by atoms with Gasteiger partial charge in [0.25, 0.3) is 5.56 Å². The maximum Gasteiger partial charge on any atom is 0.337 e. The lowest BCUT2D eigenvalue weighted by Crippen LogP contribution is -2.12. The van der Waals surface area contributed by atoms with E-state index >= 15 is 0 Å². The SMILES string of the molecule is C=CCn1c(COc2ccc(OC)cc2)nnc1SCc1nc2cc(C(=O)OC)ccc2c(=O)[nH]1. The first kappa shape index (κ1) is 24.0. The van der Waals surface area contributed by atoms with E-state index in [1.165, 1.54) is 24.9 Å². The number of aromatic amines is 1. The summed E-state index contributed by atoms with van der Waals surface area (Å²) in [5, 5.41) is 9.54. The number of carbonyl (C=O) groups is 1. The highest BCUT2D eigenvalue weighted by Crippen LogP contribution is 2.23. The molecular weight excluding hydrogens is 470 g/mol. The van der Waals surface area contributed by atoms with Crippen molar-refractivity contribution in [1.29, 1.82) is 0 Å². The Kier molecular flexibility index (Phi) is 7.46. The second-order valence-corrected chi connectivity index (χ2v) is 8.23. The Balaban J connectivity index is 1.50. The number of esters is 1. The quantitative estimate of drug-likeness (QED) is 0.201. The van der Waals surface area contributed by atoms with Crippen molar-refractivity contribution in [3.8, 4) is 11.5 Å². The van der Waals surface area contributed by atoms with Gasteiger partial charge in [-0.2, -0.15) is 0 Å². The molecule has 2 aromatic carbocycles. The number of thioether (sulfide) groups is 1. The Hall–Kier alpha value is -4.12. The summed E-state index contributed by atoms with van der Waals surface area (Å²) in [5.74, 6) is 2.34. The molecule has 0 spiro atoms. The van der Waals surface area contributed by atoms with Crippen LogP contribution in [0.1, 0.15) is 22.0 Å². The number of ether oxygens (including phenoxy) is 3. The summed E-state index contributed by atoms with van der Waals surface area (Å²) in [4.78, 5) is 31.6. The highest BCUT2D eigenvalue weighted by atomic mass is 32.2. The van der Waals surface area contributed by atoms with E-state index in [2.05, 4.69) is 26.7 Å². The molecule has 0 saturated carbocycles. The first-order valence-electron chi connectivity index (χ1n) is 10.6. The van der Waals surface area contributed by atoms with E-state index in [4.69, 9.17) is 14.2 Å². The van der Waals surface area contributed by atoms with Gasteiger partial charge in [-0.05, 0) is 42.5 Å². The second-order valence-electron chi connectivity index (χ2n) is 7.29. The third kappa shape index (κ3) is 5.52. The van der Waals surface area contributed by atoms with Crippen LogP contribution in [0.25, 0.3) is 10.9 Å². The molecule has 0 bridgehead atoms. The Labute approximate surface area is 205 Å². The maximum atomic E-state index is 12.5. The fourth-order valence-corrected chi connectivity index (χ4v) is 4.14. The molecule has 10 nitrogen and oxygen atoms in total. The Bertz CT molecular complexity index is 1410. The van der Waals surface area contributed by atoms with Crippen LogP contribution in [0.15, 0.2) is 65.1 Å². The predicted octanol–water partition coefficient (Wildman–Crippen LogP) is 3.37. The van der Waals surface area contributed by atoms with Gasteiger partial charge in [0.05, 0.1) is 36.4 Å².